The number of rotatable bonds is 2. The molecule has 2 rings (SSSR count). The molecule has 2 amide bonds. The minimum atomic E-state index is -0.383. The molecule has 4 nitrogen and oxygen atoms in total. The van der Waals surface area contributed by atoms with Crippen molar-refractivity contribution in [3.05, 3.63) is 0 Å². The van der Waals surface area contributed by atoms with E-state index in [1.165, 1.54) is 11.5 Å². The molecule has 19 heavy (non-hydrogen) atoms. The number of hydrogen-bond donors (Lipinski definition) is 1. The monoisotopic (exact) mass is 284 g/mol. The van der Waals surface area contributed by atoms with Gasteiger partial charge in [0.05, 0.1) is 6.54 Å². The second-order valence-corrected chi connectivity index (χ2v) is 7.87. The van der Waals surface area contributed by atoms with Crippen LogP contribution in [0.1, 0.15) is 33.6 Å². The van der Waals surface area contributed by atoms with Crippen LogP contribution in [0.3, 0.4) is 0 Å². The Bertz CT molecular complexity index is 359. The highest BCUT2D eigenvalue weighted by molar-refractivity contribution is 7.99. The van der Waals surface area contributed by atoms with Gasteiger partial charge in [-0.15, -0.1) is 0 Å². The third kappa shape index (κ3) is 3.65. The SMILES string of the molecule is CC(C)(C)C1NC(=O)CN(CC2CCSCC2)C1=O. The van der Waals surface area contributed by atoms with E-state index in [0.29, 0.717) is 5.92 Å². The van der Waals surface area contributed by atoms with Crippen molar-refractivity contribution in [1.82, 2.24) is 10.2 Å². The molecule has 2 heterocycles. The lowest BCUT2D eigenvalue weighted by Crippen LogP contribution is -2.62. The Morgan fingerprint density at radius 2 is 1.89 bits per heavy atom. The molecule has 5 heteroatoms. The van der Waals surface area contributed by atoms with E-state index in [9.17, 15) is 9.59 Å². The van der Waals surface area contributed by atoms with Crippen molar-refractivity contribution >= 4 is 23.6 Å². The highest BCUT2D eigenvalue weighted by Crippen LogP contribution is 2.27. The molecule has 2 fully saturated rings. The topological polar surface area (TPSA) is 49.4 Å². The third-order valence-electron chi connectivity index (χ3n) is 3.88. The molecule has 0 bridgehead atoms. The van der Waals surface area contributed by atoms with E-state index in [4.69, 9.17) is 0 Å². The lowest BCUT2D eigenvalue weighted by Gasteiger charge is -2.40. The van der Waals surface area contributed by atoms with E-state index in [1.807, 2.05) is 32.5 Å². The third-order valence-corrected chi connectivity index (χ3v) is 4.93. The van der Waals surface area contributed by atoms with Gasteiger partial charge in [0.25, 0.3) is 0 Å². The van der Waals surface area contributed by atoms with Crippen molar-refractivity contribution in [2.24, 2.45) is 11.3 Å². The fourth-order valence-electron chi connectivity index (χ4n) is 2.68. The smallest absolute Gasteiger partial charge is 0.246 e. The van der Waals surface area contributed by atoms with E-state index in [1.54, 1.807) is 4.90 Å². The van der Waals surface area contributed by atoms with Crippen molar-refractivity contribution in [3.63, 3.8) is 0 Å². The van der Waals surface area contributed by atoms with Gasteiger partial charge >= 0.3 is 0 Å². The van der Waals surface area contributed by atoms with E-state index in [0.717, 1.165) is 19.4 Å². The molecule has 108 valence electrons. The molecule has 2 aliphatic rings. The van der Waals surface area contributed by atoms with Crippen LogP contribution in [-0.2, 0) is 9.59 Å². The number of piperazine rings is 1. The molecule has 0 aromatic carbocycles. The Morgan fingerprint density at radius 1 is 1.26 bits per heavy atom. The number of nitrogens with zero attached hydrogens (tertiary/aromatic N) is 1. The summed E-state index contributed by atoms with van der Waals surface area (Å²) in [5.74, 6) is 3.00. The van der Waals surface area contributed by atoms with Gasteiger partial charge in [0.2, 0.25) is 11.8 Å². The average Bonchev–Trinajstić information content (AvgIpc) is 2.33. The number of nitrogens with one attached hydrogen (secondary N) is 1. The number of amides is 2. The first kappa shape index (κ1) is 14.7. The van der Waals surface area contributed by atoms with Crippen molar-refractivity contribution in [3.8, 4) is 0 Å². The fourth-order valence-corrected chi connectivity index (χ4v) is 3.89. The van der Waals surface area contributed by atoms with E-state index in [2.05, 4.69) is 5.32 Å². The number of hydrogen-bond acceptors (Lipinski definition) is 3. The summed E-state index contributed by atoms with van der Waals surface area (Å²) in [7, 11) is 0. The maximum atomic E-state index is 12.5. The summed E-state index contributed by atoms with van der Waals surface area (Å²) in [5, 5.41) is 2.84. The fraction of sp³-hybridized carbons (Fsp3) is 0.857. The molecule has 2 saturated heterocycles. The Labute approximate surface area is 119 Å². The summed E-state index contributed by atoms with van der Waals surface area (Å²) in [6.07, 6.45) is 2.33. The first-order valence-corrected chi connectivity index (χ1v) is 8.19. The second-order valence-electron chi connectivity index (χ2n) is 6.64. The van der Waals surface area contributed by atoms with Gasteiger partial charge < -0.3 is 10.2 Å². The Hall–Kier alpha value is -0.710. The molecule has 1 unspecified atom stereocenters. The maximum absolute atomic E-state index is 12.5. The zero-order chi connectivity index (χ0) is 14.0. The molecule has 1 N–H and O–H groups in total. The van der Waals surface area contributed by atoms with Gasteiger partial charge in [-0.1, -0.05) is 20.8 Å². The van der Waals surface area contributed by atoms with Gasteiger partial charge in [0.1, 0.15) is 6.04 Å². The Balaban J connectivity index is 2.02. The van der Waals surface area contributed by atoms with Crippen LogP contribution >= 0.6 is 11.8 Å². The van der Waals surface area contributed by atoms with Gasteiger partial charge in [-0.3, -0.25) is 9.59 Å². The normalized spacial score (nSPS) is 26.5. The predicted octanol–water partition coefficient (Wildman–Crippen LogP) is 1.50. The van der Waals surface area contributed by atoms with Crippen molar-refractivity contribution in [1.29, 1.82) is 0 Å². The Morgan fingerprint density at radius 3 is 2.47 bits per heavy atom. The van der Waals surface area contributed by atoms with Crippen LogP contribution in [-0.4, -0.2) is 47.4 Å². The first-order chi connectivity index (χ1) is 8.88. The van der Waals surface area contributed by atoms with Crippen molar-refractivity contribution < 1.29 is 9.59 Å². The summed E-state index contributed by atoms with van der Waals surface area (Å²) in [4.78, 5) is 26.1. The van der Waals surface area contributed by atoms with Crippen molar-refractivity contribution in [2.45, 2.75) is 39.7 Å². The number of thioether (sulfide) groups is 1. The predicted molar refractivity (Wildman–Crippen MR) is 78.0 cm³/mol. The summed E-state index contributed by atoms with van der Waals surface area (Å²) in [6, 6.07) is -0.383. The molecule has 0 aromatic rings. The molecule has 2 aliphatic heterocycles. The van der Waals surface area contributed by atoms with E-state index < -0.39 is 0 Å². The van der Waals surface area contributed by atoms with Gasteiger partial charge in [0.15, 0.2) is 0 Å². The molecule has 0 aliphatic carbocycles. The summed E-state index contributed by atoms with van der Waals surface area (Å²) < 4.78 is 0. The minimum Gasteiger partial charge on any atom is -0.342 e. The van der Waals surface area contributed by atoms with Gasteiger partial charge in [-0.25, -0.2) is 0 Å². The molecule has 1 atom stereocenters. The standard InChI is InChI=1S/C14H24N2O2S/c1-14(2,3)12-13(18)16(9-11(17)15-12)8-10-4-6-19-7-5-10/h10,12H,4-9H2,1-3H3,(H,15,17). The lowest BCUT2D eigenvalue weighted by atomic mass is 9.84. The molecule has 0 saturated carbocycles. The average molecular weight is 284 g/mol. The summed E-state index contributed by atoms with van der Waals surface area (Å²) in [6.45, 7) is 6.97. The van der Waals surface area contributed by atoms with Crippen LogP contribution in [0.15, 0.2) is 0 Å². The summed E-state index contributed by atoms with van der Waals surface area (Å²) >= 11 is 1.98. The van der Waals surface area contributed by atoms with Gasteiger partial charge in [-0.05, 0) is 35.7 Å². The quantitative estimate of drug-likeness (QED) is 0.836. The lowest BCUT2D eigenvalue weighted by molar-refractivity contribution is -0.148. The number of carbonyl (C=O) groups excluding carboxylic acids is 2. The van der Waals surface area contributed by atoms with Gasteiger partial charge in [-0.2, -0.15) is 11.8 Å². The van der Waals surface area contributed by atoms with Crippen molar-refractivity contribution in [2.75, 3.05) is 24.6 Å². The first-order valence-electron chi connectivity index (χ1n) is 7.04. The van der Waals surface area contributed by atoms with E-state index >= 15 is 0 Å². The maximum Gasteiger partial charge on any atom is 0.246 e. The van der Waals surface area contributed by atoms with Crippen LogP contribution in [0.25, 0.3) is 0 Å². The summed E-state index contributed by atoms with van der Waals surface area (Å²) in [5.41, 5.74) is -0.228. The zero-order valence-corrected chi connectivity index (χ0v) is 12.9. The van der Waals surface area contributed by atoms with Gasteiger partial charge in [0, 0.05) is 6.54 Å². The second kappa shape index (κ2) is 5.73. The van der Waals surface area contributed by atoms with Crippen LogP contribution in [0.2, 0.25) is 0 Å². The highest BCUT2D eigenvalue weighted by Gasteiger charge is 2.40. The molecule has 0 aromatic heterocycles. The molecular formula is C14H24N2O2S. The molecule has 0 radical (unpaired) electrons. The van der Waals surface area contributed by atoms with E-state index in [-0.39, 0.29) is 29.8 Å². The largest absolute Gasteiger partial charge is 0.342 e. The highest BCUT2D eigenvalue weighted by atomic mass is 32.2. The Kier molecular flexibility index (Phi) is 4.43. The number of carbonyl (C=O) groups is 2. The van der Waals surface area contributed by atoms with Crippen LogP contribution in [0, 0.1) is 11.3 Å². The van der Waals surface area contributed by atoms with Crippen LogP contribution < -0.4 is 5.32 Å². The van der Waals surface area contributed by atoms with Crippen LogP contribution in [0.4, 0.5) is 0 Å². The zero-order valence-electron chi connectivity index (χ0n) is 12.1. The molecular weight excluding hydrogens is 260 g/mol. The minimum absolute atomic E-state index is 0.0234. The molecule has 0 spiro atoms. The van der Waals surface area contributed by atoms with Crippen LogP contribution in [0.5, 0.6) is 0 Å².